The van der Waals surface area contributed by atoms with Crippen molar-refractivity contribution >= 4 is 23.4 Å². The van der Waals surface area contributed by atoms with Gasteiger partial charge in [0, 0.05) is 25.1 Å². The van der Waals surface area contributed by atoms with Crippen LogP contribution < -0.4 is 5.32 Å². The van der Waals surface area contributed by atoms with E-state index in [9.17, 15) is 4.79 Å². The molecule has 20 heavy (non-hydrogen) atoms. The highest BCUT2D eigenvalue weighted by Crippen LogP contribution is 2.22. The molecule has 1 amide bonds. The minimum Gasteiger partial charge on any atom is -0.329 e. The maximum absolute atomic E-state index is 12.0. The van der Waals surface area contributed by atoms with Crippen LogP contribution in [0.15, 0.2) is 29.7 Å². The number of carbonyl (C=O) groups excluding carboxylic acids is 1. The number of nitrogens with one attached hydrogen (secondary N) is 1. The van der Waals surface area contributed by atoms with Gasteiger partial charge in [0.05, 0.1) is 5.75 Å². The highest BCUT2D eigenvalue weighted by molar-refractivity contribution is 7.99. The van der Waals surface area contributed by atoms with E-state index in [-0.39, 0.29) is 5.91 Å². The van der Waals surface area contributed by atoms with Crippen molar-refractivity contribution in [1.82, 2.24) is 9.55 Å². The van der Waals surface area contributed by atoms with Crippen LogP contribution in [0.5, 0.6) is 0 Å². The van der Waals surface area contributed by atoms with Crippen molar-refractivity contribution < 1.29 is 4.79 Å². The topological polar surface area (TPSA) is 46.9 Å². The Balaban J connectivity index is 2.00. The third kappa shape index (κ3) is 3.42. The van der Waals surface area contributed by atoms with E-state index in [1.54, 1.807) is 6.20 Å². The second-order valence-electron chi connectivity index (χ2n) is 4.93. The van der Waals surface area contributed by atoms with Gasteiger partial charge < -0.3 is 9.88 Å². The molecule has 0 aliphatic carbocycles. The lowest BCUT2D eigenvalue weighted by atomic mass is 10.1. The van der Waals surface area contributed by atoms with Crippen LogP contribution in [0.1, 0.15) is 16.7 Å². The van der Waals surface area contributed by atoms with E-state index in [1.165, 1.54) is 17.3 Å². The predicted molar refractivity (Wildman–Crippen MR) is 83.2 cm³/mol. The maximum atomic E-state index is 12.0. The van der Waals surface area contributed by atoms with Gasteiger partial charge in [0.2, 0.25) is 5.91 Å². The number of nitrogens with zero attached hydrogens (tertiary/aromatic N) is 2. The Morgan fingerprint density at radius 3 is 2.50 bits per heavy atom. The third-order valence-electron chi connectivity index (χ3n) is 3.05. The largest absolute Gasteiger partial charge is 0.329 e. The minimum atomic E-state index is -0.00643. The van der Waals surface area contributed by atoms with Crippen LogP contribution in [0, 0.1) is 20.8 Å². The molecule has 0 radical (unpaired) electrons. The summed E-state index contributed by atoms with van der Waals surface area (Å²) in [5.41, 5.74) is 4.32. The first-order valence-corrected chi connectivity index (χ1v) is 7.43. The lowest BCUT2D eigenvalue weighted by molar-refractivity contribution is -0.113. The Kier molecular flexibility index (Phi) is 4.49. The van der Waals surface area contributed by atoms with Gasteiger partial charge in [-0.2, -0.15) is 0 Å². The van der Waals surface area contributed by atoms with E-state index >= 15 is 0 Å². The molecule has 1 heterocycles. The molecule has 0 saturated heterocycles. The van der Waals surface area contributed by atoms with Gasteiger partial charge in [0.25, 0.3) is 0 Å². The number of aromatic nitrogens is 2. The summed E-state index contributed by atoms with van der Waals surface area (Å²) < 4.78 is 1.90. The Labute approximate surface area is 123 Å². The predicted octanol–water partition coefficient (Wildman–Crippen LogP) is 3.08. The lowest BCUT2D eigenvalue weighted by Gasteiger charge is -2.12. The van der Waals surface area contributed by atoms with Gasteiger partial charge >= 0.3 is 0 Å². The third-order valence-corrected chi connectivity index (χ3v) is 4.11. The summed E-state index contributed by atoms with van der Waals surface area (Å²) in [6, 6.07) is 4.16. The summed E-state index contributed by atoms with van der Waals surface area (Å²) in [7, 11) is 1.92. The first kappa shape index (κ1) is 14.7. The Bertz CT molecular complexity index is 611. The fourth-order valence-electron chi connectivity index (χ4n) is 2.17. The number of carbonyl (C=O) groups is 1. The fraction of sp³-hybridized carbons (Fsp3) is 0.333. The molecule has 5 heteroatoms. The molecule has 2 rings (SSSR count). The minimum absolute atomic E-state index is 0.00643. The van der Waals surface area contributed by atoms with Crippen LogP contribution >= 0.6 is 11.8 Å². The monoisotopic (exact) mass is 289 g/mol. The number of rotatable bonds is 4. The molecule has 0 spiro atoms. The maximum Gasteiger partial charge on any atom is 0.234 e. The summed E-state index contributed by atoms with van der Waals surface area (Å²) in [5.74, 6) is 0.352. The summed E-state index contributed by atoms with van der Waals surface area (Å²) >= 11 is 1.44. The number of hydrogen-bond acceptors (Lipinski definition) is 3. The van der Waals surface area contributed by atoms with Crippen LogP contribution in [0.25, 0.3) is 0 Å². The first-order chi connectivity index (χ1) is 9.47. The molecule has 0 atom stereocenters. The van der Waals surface area contributed by atoms with Crippen molar-refractivity contribution in [3.05, 3.63) is 41.2 Å². The molecule has 0 saturated carbocycles. The standard InChI is InChI=1S/C15H19N3OS/c1-10-7-11(2)14(12(3)8-10)17-13(19)9-20-15-16-5-6-18(15)4/h5-8H,9H2,1-4H3,(H,17,19). The molecule has 0 fully saturated rings. The van der Waals surface area contributed by atoms with Crippen LogP contribution in [0.3, 0.4) is 0 Å². The van der Waals surface area contributed by atoms with Crippen molar-refractivity contribution in [2.45, 2.75) is 25.9 Å². The molecule has 1 aromatic carbocycles. The molecule has 0 aliphatic heterocycles. The zero-order valence-electron chi connectivity index (χ0n) is 12.2. The van der Waals surface area contributed by atoms with Gasteiger partial charge in [-0.3, -0.25) is 4.79 Å². The van der Waals surface area contributed by atoms with Gasteiger partial charge in [-0.05, 0) is 31.9 Å². The normalized spacial score (nSPS) is 10.6. The van der Waals surface area contributed by atoms with Crippen molar-refractivity contribution in [3.63, 3.8) is 0 Å². The zero-order valence-corrected chi connectivity index (χ0v) is 13.0. The molecule has 1 aromatic heterocycles. The Morgan fingerprint density at radius 1 is 1.30 bits per heavy atom. The van der Waals surface area contributed by atoms with Crippen molar-refractivity contribution in [1.29, 1.82) is 0 Å². The number of anilines is 1. The number of amides is 1. The van der Waals surface area contributed by atoms with E-state index in [0.29, 0.717) is 5.75 Å². The lowest BCUT2D eigenvalue weighted by Crippen LogP contribution is -2.16. The molecule has 0 bridgehead atoms. The second kappa shape index (κ2) is 6.13. The van der Waals surface area contributed by atoms with Gasteiger partial charge in [-0.1, -0.05) is 29.5 Å². The second-order valence-corrected chi connectivity index (χ2v) is 5.87. The van der Waals surface area contributed by atoms with Gasteiger partial charge in [0.15, 0.2) is 5.16 Å². The van der Waals surface area contributed by atoms with Crippen molar-refractivity contribution in [2.24, 2.45) is 7.05 Å². The van der Waals surface area contributed by atoms with E-state index in [0.717, 1.165) is 22.0 Å². The molecule has 4 nitrogen and oxygen atoms in total. The van der Waals surface area contributed by atoms with E-state index in [1.807, 2.05) is 31.7 Å². The van der Waals surface area contributed by atoms with Crippen molar-refractivity contribution in [3.8, 4) is 0 Å². The quantitative estimate of drug-likeness (QED) is 0.880. The molecule has 1 N–H and O–H groups in total. The van der Waals surface area contributed by atoms with Gasteiger partial charge in [0.1, 0.15) is 0 Å². The van der Waals surface area contributed by atoms with Crippen LogP contribution in [-0.2, 0) is 11.8 Å². The molecule has 0 aliphatic rings. The van der Waals surface area contributed by atoms with Gasteiger partial charge in [-0.15, -0.1) is 0 Å². The van der Waals surface area contributed by atoms with Crippen LogP contribution in [-0.4, -0.2) is 21.2 Å². The van der Waals surface area contributed by atoms with E-state index < -0.39 is 0 Å². The van der Waals surface area contributed by atoms with Crippen LogP contribution in [0.4, 0.5) is 5.69 Å². The average Bonchev–Trinajstić information content (AvgIpc) is 2.77. The summed E-state index contributed by atoms with van der Waals surface area (Å²) in [6.45, 7) is 6.09. The highest BCUT2D eigenvalue weighted by Gasteiger charge is 2.10. The van der Waals surface area contributed by atoms with E-state index in [4.69, 9.17) is 0 Å². The first-order valence-electron chi connectivity index (χ1n) is 6.45. The van der Waals surface area contributed by atoms with Crippen molar-refractivity contribution in [2.75, 3.05) is 11.1 Å². The van der Waals surface area contributed by atoms with E-state index in [2.05, 4.69) is 29.4 Å². The highest BCUT2D eigenvalue weighted by atomic mass is 32.2. The zero-order chi connectivity index (χ0) is 14.7. The van der Waals surface area contributed by atoms with Crippen LogP contribution in [0.2, 0.25) is 0 Å². The molecule has 0 unspecified atom stereocenters. The molecular formula is C15H19N3OS. The summed E-state index contributed by atoms with van der Waals surface area (Å²) in [4.78, 5) is 16.2. The number of thioether (sulfide) groups is 1. The molecule has 2 aromatic rings. The fourth-order valence-corrected chi connectivity index (χ4v) is 2.91. The summed E-state index contributed by atoms with van der Waals surface area (Å²) in [6.07, 6.45) is 3.60. The molecule has 106 valence electrons. The Hall–Kier alpha value is -1.75. The number of aryl methyl sites for hydroxylation is 4. The van der Waals surface area contributed by atoms with Gasteiger partial charge in [-0.25, -0.2) is 4.98 Å². The number of imidazole rings is 1. The Morgan fingerprint density at radius 2 is 1.95 bits per heavy atom. The SMILES string of the molecule is Cc1cc(C)c(NC(=O)CSc2nccn2C)c(C)c1. The smallest absolute Gasteiger partial charge is 0.234 e. The molecular weight excluding hydrogens is 270 g/mol. The average molecular weight is 289 g/mol. The number of benzene rings is 1. The number of hydrogen-bond donors (Lipinski definition) is 1. The summed E-state index contributed by atoms with van der Waals surface area (Å²) in [5, 5.41) is 3.84.